The molecule has 4 aromatic heterocycles. The zero-order valence-electron chi connectivity index (χ0n) is 28.2. The summed E-state index contributed by atoms with van der Waals surface area (Å²) in [4.78, 5) is 45.5. The maximum atomic E-state index is 14.0. The molecule has 0 saturated heterocycles. The van der Waals surface area contributed by atoms with Crippen LogP contribution in [-0.4, -0.2) is 54.6 Å². The van der Waals surface area contributed by atoms with Crippen LogP contribution < -0.4 is 16.0 Å². The Hall–Kier alpha value is -5.95. The van der Waals surface area contributed by atoms with Crippen molar-refractivity contribution in [3.8, 4) is 22.0 Å². The van der Waals surface area contributed by atoms with Gasteiger partial charge in [-0.05, 0) is 84.4 Å². The Bertz CT molecular complexity index is 2320. The molecular formula is C39H35ClN8O3S. The smallest absolute Gasteiger partial charge is 0.255 e. The topological polar surface area (TPSA) is 147 Å². The van der Waals surface area contributed by atoms with Crippen LogP contribution in [0.3, 0.4) is 0 Å². The quantitative estimate of drug-likeness (QED) is 0.109. The molecule has 11 nitrogen and oxygen atoms in total. The minimum absolute atomic E-state index is 0. The third-order valence-electron chi connectivity index (χ3n) is 8.54. The van der Waals surface area contributed by atoms with E-state index in [4.69, 9.17) is 4.98 Å². The number of aliphatic hydroxyl groups is 1. The van der Waals surface area contributed by atoms with E-state index in [1.807, 2.05) is 89.7 Å². The fourth-order valence-corrected chi connectivity index (χ4v) is 6.65. The highest BCUT2D eigenvalue weighted by atomic mass is 35.5. The highest BCUT2D eigenvalue weighted by molar-refractivity contribution is 7.13. The number of aliphatic hydroxyl groups excluding tert-OH is 1. The zero-order valence-corrected chi connectivity index (χ0v) is 29.9. The van der Waals surface area contributed by atoms with Gasteiger partial charge in [0.2, 0.25) is 5.95 Å². The highest BCUT2D eigenvalue weighted by Crippen LogP contribution is 2.35. The molecule has 0 spiro atoms. The van der Waals surface area contributed by atoms with Crippen LogP contribution in [0.4, 0.5) is 17.3 Å². The lowest BCUT2D eigenvalue weighted by Crippen LogP contribution is -2.37. The zero-order chi connectivity index (χ0) is 35.3. The number of fused-ring (bicyclic) bond motifs is 1. The second kappa shape index (κ2) is 15.9. The van der Waals surface area contributed by atoms with Crippen molar-refractivity contribution in [2.24, 2.45) is 0 Å². The number of carbonyl (C=O) groups excluding carboxylic acids is 2. The first-order valence-electron chi connectivity index (χ1n) is 16.3. The predicted octanol–water partition coefficient (Wildman–Crippen LogP) is 7.23. The van der Waals surface area contributed by atoms with Gasteiger partial charge in [0.1, 0.15) is 0 Å². The molecule has 2 atom stereocenters. The lowest BCUT2D eigenvalue weighted by Gasteiger charge is -2.26. The third kappa shape index (κ3) is 7.69. The van der Waals surface area contributed by atoms with E-state index < -0.39 is 18.1 Å². The van der Waals surface area contributed by atoms with Crippen molar-refractivity contribution in [1.29, 1.82) is 0 Å². The first-order chi connectivity index (χ1) is 24.9. The van der Waals surface area contributed by atoms with Crippen LogP contribution in [0.1, 0.15) is 27.5 Å². The number of pyridine rings is 1. The van der Waals surface area contributed by atoms with Gasteiger partial charge < -0.3 is 25.6 Å². The number of hydrogen-bond donors (Lipinski definition) is 4. The molecule has 2 amide bonds. The number of anilines is 3. The van der Waals surface area contributed by atoms with E-state index in [9.17, 15) is 14.7 Å². The molecular weight excluding hydrogens is 696 g/mol. The standard InChI is InChI=1S/C39H34N8O3S.ClH/c1-24-12-14-28(22-30(24)46-39-42-18-16-29(45-39)27-10-6-17-41-23-27)43-38(50)35(48)33(20-25-8-4-3-5-9-25)47-32-15-13-26(37(49)40-2)21-31(32)44-36(47)34-11-7-19-51-34;/h3-19,21-23,33,35,48H,20H2,1-2H3,(H,40,49)(H,43,50)(H,42,45,46);1H. The van der Waals surface area contributed by atoms with Gasteiger partial charge in [-0.25, -0.2) is 15.0 Å². The van der Waals surface area contributed by atoms with Gasteiger partial charge in [0.25, 0.3) is 11.8 Å². The van der Waals surface area contributed by atoms with Gasteiger partial charge in [0.15, 0.2) is 11.9 Å². The first-order valence-corrected chi connectivity index (χ1v) is 17.2. The molecule has 0 bridgehead atoms. The van der Waals surface area contributed by atoms with Crippen LogP contribution in [0.5, 0.6) is 0 Å². The van der Waals surface area contributed by atoms with Crippen molar-refractivity contribution in [1.82, 2.24) is 29.8 Å². The fraction of sp³-hybridized carbons (Fsp3) is 0.128. The van der Waals surface area contributed by atoms with E-state index in [0.717, 1.165) is 21.6 Å². The number of aryl methyl sites for hydroxylation is 1. The summed E-state index contributed by atoms with van der Waals surface area (Å²) >= 11 is 1.50. The van der Waals surface area contributed by atoms with Crippen molar-refractivity contribution in [3.63, 3.8) is 0 Å². The Balaban J connectivity index is 0.00000464. The summed E-state index contributed by atoms with van der Waals surface area (Å²) in [7, 11) is 1.58. The van der Waals surface area contributed by atoms with Gasteiger partial charge in [-0.2, -0.15) is 0 Å². The van der Waals surface area contributed by atoms with Crippen LogP contribution in [0.2, 0.25) is 0 Å². The van der Waals surface area contributed by atoms with Crippen LogP contribution >= 0.6 is 23.7 Å². The van der Waals surface area contributed by atoms with Crippen LogP contribution in [-0.2, 0) is 11.2 Å². The fourth-order valence-electron chi connectivity index (χ4n) is 5.94. The van der Waals surface area contributed by atoms with Crippen molar-refractivity contribution in [2.45, 2.75) is 25.5 Å². The number of amides is 2. The summed E-state index contributed by atoms with van der Waals surface area (Å²) in [5, 5.41) is 22.8. The molecule has 4 heterocycles. The molecule has 7 aromatic rings. The van der Waals surface area contributed by atoms with E-state index in [2.05, 4.69) is 30.9 Å². The van der Waals surface area contributed by atoms with E-state index in [1.165, 1.54) is 11.3 Å². The van der Waals surface area contributed by atoms with Gasteiger partial charge in [0.05, 0.1) is 27.6 Å². The van der Waals surface area contributed by atoms with Gasteiger partial charge in [0, 0.05) is 48.1 Å². The molecule has 52 heavy (non-hydrogen) atoms. The molecule has 13 heteroatoms. The number of aromatic nitrogens is 5. The number of thiophene rings is 1. The Morgan fingerprint density at radius 2 is 1.77 bits per heavy atom. The molecule has 0 aliphatic heterocycles. The van der Waals surface area contributed by atoms with Gasteiger partial charge in [-0.3, -0.25) is 14.6 Å². The maximum absolute atomic E-state index is 14.0. The molecule has 2 unspecified atom stereocenters. The summed E-state index contributed by atoms with van der Waals surface area (Å²) < 4.78 is 1.92. The SMILES string of the molecule is CNC(=O)c1ccc2c(c1)nc(-c1cccs1)n2C(Cc1ccccc1)C(O)C(=O)Nc1ccc(C)c(Nc2nccc(-c3cccnc3)n2)c1.Cl. The largest absolute Gasteiger partial charge is 0.381 e. The number of nitrogens with one attached hydrogen (secondary N) is 3. The van der Waals surface area contributed by atoms with Crippen molar-refractivity contribution in [3.05, 3.63) is 138 Å². The molecule has 0 fully saturated rings. The van der Waals surface area contributed by atoms with E-state index >= 15 is 0 Å². The first kappa shape index (κ1) is 35.9. The minimum atomic E-state index is -1.49. The van der Waals surface area contributed by atoms with Gasteiger partial charge in [-0.1, -0.05) is 42.5 Å². The third-order valence-corrected chi connectivity index (χ3v) is 9.40. The minimum Gasteiger partial charge on any atom is -0.381 e. The molecule has 4 N–H and O–H groups in total. The van der Waals surface area contributed by atoms with Gasteiger partial charge in [-0.15, -0.1) is 23.7 Å². The normalized spacial score (nSPS) is 12.1. The molecule has 0 radical (unpaired) electrons. The Kier molecular flexibility index (Phi) is 11.0. The van der Waals surface area contributed by atoms with E-state index in [-0.39, 0.29) is 18.3 Å². The Morgan fingerprint density at radius 1 is 0.923 bits per heavy atom. The highest BCUT2D eigenvalue weighted by Gasteiger charge is 2.32. The number of imidazole rings is 1. The lowest BCUT2D eigenvalue weighted by atomic mass is 9.99. The van der Waals surface area contributed by atoms with E-state index in [1.54, 1.807) is 49.9 Å². The second-order valence-corrected chi connectivity index (χ2v) is 12.9. The Morgan fingerprint density at radius 3 is 2.52 bits per heavy atom. The van der Waals surface area contributed by atoms with E-state index in [0.29, 0.717) is 51.9 Å². The number of benzene rings is 3. The van der Waals surface area contributed by atoms with Gasteiger partial charge >= 0.3 is 0 Å². The number of carbonyl (C=O) groups is 2. The summed E-state index contributed by atoms with van der Waals surface area (Å²) in [5.41, 5.74) is 6.33. The monoisotopic (exact) mass is 730 g/mol. The molecule has 7 rings (SSSR count). The number of nitrogens with zero attached hydrogens (tertiary/aromatic N) is 5. The van der Waals surface area contributed by atoms with Crippen LogP contribution in [0.15, 0.2) is 121 Å². The Labute approximate surface area is 310 Å². The molecule has 262 valence electrons. The van der Waals surface area contributed by atoms with Crippen molar-refractivity contribution >= 4 is 63.9 Å². The number of rotatable bonds is 11. The molecule has 0 saturated carbocycles. The second-order valence-electron chi connectivity index (χ2n) is 11.9. The summed E-state index contributed by atoms with van der Waals surface area (Å²) in [6.45, 7) is 1.94. The van der Waals surface area contributed by atoms with Crippen LogP contribution in [0, 0.1) is 6.92 Å². The number of halogens is 1. The summed E-state index contributed by atoms with van der Waals surface area (Å²) in [5.74, 6) is 0.168. The number of hydrogen-bond acceptors (Lipinski definition) is 9. The molecule has 3 aromatic carbocycles. The van der Waals surface area contributed by atoms with Crippen LogP contribution in [0.25, 0.3) is 33.0 Å². The average Bonchev–Trinajstić information content (AvgIpc) is 3.84. The average molecular weight is 731 g/mol. The maximum Gasteiger partial charge on any atom is 0.255 e. The molecule has 0 aliphatic carbocycles. The van der Waals surface area contributed by atoms with Crippen molar-refractivity contribution in [2.75, 3.05) is 17.7 Å². The predicted molar refractivity (Wildman–Crippen MR) is 207 cm³/mol. The summed E-state index contributed by atoms with van der Waals surface area (Å²) in [6, 6.07) is 29.1. The molecule has 0 aliphatic rings. The summed E-state index contributed by atoms with van der Waals surface area (Å²) in [6.07, 6.45) is 3.96. The van der Waals surface area contributed by atoms with Crippen molar-refractivity contribution < 1.29 is 14.7 Å². The lowest BCUT2D eigenvalue weighted by molar-refractivity contribution is -0.126.